The van der Waals surface area contributed by atoms with Gasteiger partial charge in [-0.25, -0.2) is 0 Å². The Bertz CT molecular complexity index is 333. The third-order valence-corrected chi connectivity index (χ3v) is 4.09. The highest BCUT2D eigenvalue weighted by molar-refractivity contribution is 7.15. The van der Waals surface area contributed by atoms with Gasteiger partial charge in [-0.3, -0.25) is 4.90 Å². The van der Waals surface area contributed by atoms with E-state index in [9.17, 15) is 0 Å². The van der Waals surface area contributed by atoms with E-state index >= 15 is 0 Å². The molecule has 0 bridgehead atoms. The maximum atomic E-state index is 5.76. The summed E-state index contributed by atoms with van der Waals surface area (Å²) in [5.41, 5.74) is 0. The maximum Gasteiger partial charge on any atom is 0.207 e. The van der Waals surface area contributed by atoms with Gasteiger partial charge in [0.05, 0.1) is 6.54 Å². The van der Waals surface area contributed by atoms with Crippen LogP contribution in [0.4, 0.5) is 0 Å². The summed E-state index contributed by atoms with van der Waals surface area (Å²) in [6.45, 7) is 3.17. The molecule has 1 aromatic rings. The molecule has 0 unspecified atom stereocenters. The van der Waals surface area contributed by atoms with Gasteiger partial charge in [-0.05, 0) is 38.5 Å². The summed E-state index contributed by atoms with van der Waals surface area (Å²) in [6, 6.07) is 0.731. The number of likely N-dealkylation sites (tertiary alicyclic amines) is 1. The number of hydrogen-bond donors (Lipinski definition) is 0. The smallest absolute Gasteiger partial charge is 0.207 e. The van der Waals surface area contributed by atoms with Crippen molar-refractivity contribution in [3.63, 3.8) is 0 Å². The molecule has 90 valence electrons. The van der Waals surface area contributed by atoms with Crippen molar-refractivity contribution in [1.82, 2.24) is 20.0 Å². The van der Waals surface area contributed by atoms with E-state index in [1.165, 1.54) is 24.2 Å². The lowest BCUT2D eigenvalue weighted by Gasteiger charge is -2.34. The highest BCUT2D eigenvalue weighted by Gasteiger charge is 2.21. The minimum absolute atomic E-state index is 0.540. The van der Waals surface area contributed by atoms with Gasteiger partial charge in [0.1, 0.15) is 5.01 Å². The SMILES string of the molecule is CN(C)C1CCN(Cc2nnc(Cl)s2)CC1. The van der Waals surface area contributed by atoms with Crippen molar-refractivity contribution in [2.45, 2.75) is 25.4 Å². The van der Waals surface area contributed by atoms with E-state index in [1.54, 1.807) is 0 Å². The number of piperidine rings is 1. The molecule has 4 nitrogen and oxygen atoms in total. The minimum atomic E-state index is 0.540. The van der Waals surface area contributed by atoms with Crippen LogP contribution in [0.3, 0.4) is 0 Å². The van der Waals surface area contributed by atoms with Gasteiger partial charge in [0, 0.05) is 19.1 Å². The number of hydrogen-bond acceptors (Lipinski definition) is 5. The summed E-state index contributed by atoms with van der Waals surface area (Å²) in [7, 11) is 4.32. The Morgan fingerprint density at radius 3 is 2.56 bits per heavy atom. The Hall–Kier alpha value is -0.230. The van der Waals surface area contributed by atoms with Gasteiger partial charge in [0.15, 0.2) is 0 Å². The second-order valence-electron chi connectivity index (χ2n) is 4.42. The van der Waals surface area contributed by atoms with Crippen LogP contribution in [0.5, 0.6) is 0 Å². The highest BCUT2D eigenvalue weighted by Crippen LogP contribution is 2.20. The first-order valence-corrected chi connectivity index (χ1v) is 6.71. The predicted molar refractivity (Wildman–Crippen MR) is 66.9 cm³/mol. The van der Waals surface area contributed by atoms with E-state index in [-0.39, 0.29) is 0 Å². The minimum Gasteiger partial charge on any atom is -0.306 e. The van der Waals surface area contributed by atoms with Gasteiger partial charge in [0.25, 0.3) is 0 Å². The zero-order chi connectivity index (χ0) is 11.5. The Balaban J connectivity index is 1.81. The summed E-state index contributed by atoms with van der Waals surface area (Å²) in [6.07, 6.45) is 2.47. The van der Waals surface area contributed by atoms with Crippen molar-refractivity contribution >= 4 is 22.9 Å². The van der Waals surface area contributed by atoms with Crippen LogP contribution < -0.4 is 0 Å². The Morgan fingerprint density at radius 2 is 2.06 bits per heavy atom. The van der Waals surface area contributed by atoms with Crippen LogP contribution >= 0.6 is 22.9 Å². The second-order valence-corrected chi connectivity index (χ2v) is 6.06. The van der Waals surface area contributed by atoms with Crippen molar-refractivity contribution in [2.75, 3.05) is 27.2 Å². The van der Waals surface area contributed by atoms with Gasteiger partial charge < -0.3 is 4.90 Å². The first-order valence-electron chi connectivity index (χ1n) is 5.52. The monoisotopic (exact) mass is 260 g/mol. The fraction of sp³-hybridized carbons (Fsp3) is 0.800. The van der Waals surface area contributed by atoms with E-state index in [2.05, 4.69) is 34.1 Å². The molecule has 1 aliphatic rings. The van der Waals surface area contributed by atoms with Gasteiger partial charge in [-0.1, -0.05) is 11.3 Å². The molecule has 0 spiro atoms. The molecule has 1 aliphatic heterocycles. The third-order valence-electron chi connectivity index (χ3n) is 3.09. The molecule has 0 amide bonds. The molecular formula is C10H17ClN4S. The molecule has 6 heteroatoms. The largest absolute Gasteiger partial charge is 0.306 e. The number of aromatic nitrogens is 2. The number of rotatable bonds is 3. The van der Waals surface area contributed by atoms with E-state index in [0.717, 1.165) is 30.7 Å². The summed E-state index contributed by atoms with van der Waals surface area (Å²) in [4.78, 5) is 4.75. The van der Waals surface area contributed by atoms with Crippen molar-refractivity contribution in [2.24, 2.45) is 0 Å². The summed E-state index contributed by atoms with van der Waals surface area (Å²) >= 11 is 7.24. The molecule has 2 rings (SSSR count). The fourth-order valence-corrected chi connectivity index (χ4v) is 2.99. The second kappa shape index (κ2) is 5.40. The molecule has 1 aromatic heterocycles. The molecular weight excluding hydrogens is 244 g/mol. The lowest BCUT2D eigenvalue weighted by molar-refractivity contribution is 0.139. The van der Waals surface area contributed by atoms with Crippen LogP contribution in [0.15, 0.2) is 0 Å². The van der Waals surface area contributed by atoms with Crippen molar-refractivity contribution in [3.05, 3.63) is 9.47 Å². The molecule has 0 saturated carbocycles. The van der Waals surface area contributed by atoms with Gasteiger partial charge >= 0.3 is 0 Å². The Morgan fingerprint density at radius 1 is 1.38 bits per heavy atom. The molecule has 2 heterocycles. The normalized spacial score (nSPS) is 19.5. The van der Waals surface area contributed by atoms with Crippen LogP contribution in [-0.4, -0.2) is 53.2 Å². The first-order chi connectivity index (χ1) is 7.65. The molecule has 0 N–H and O–H groups in total. The molecule has 0 radical (unpaired) electrons. The topological polar surface area (TPSA) is 32.3 Å². The molecule has 0 aromatic carbocycles. The Kier molecular flexibility index (Phi) is 4.13. The maximum absolute atomic E-state index is 5.76. The molecule has 1 fully saturated rings. The van der Waals surface area contributed by atoms with Crippen LogP contribution in [-0.2, 0) is 6.54 Å². The van der Waals surface area contributed by atoms with Crippen LogP contribution in [0.25, 0.3) is 0 Å². The standard InChI is InChI=1S/C10H17ClN4S/c1-14(2)8-3-5-15(6-4-8)7-9-12-13-10(11)16-9/h8H,3-7H2,1-2H3. The van der Waals surface area contributed by atoms with Gasteiger partial charge in [-0.15, -0.1) is 10.2 Å². The van der Waals surface area contributed by atoms with Crippen molar-refractivity contribution in [1.29, 1.82) is 0 Å². The average molecular weight is 261 g/mol. The average Bonchev–Trinajstić information content (AvgIpc) is 2.65. The number of nitrogens with zero attached hydrogens (tertiary/aromatic N) is 4. The molecule has 16 heavy (non-hydrogen) atoms. The summed E-state index contributed by atoms with van der Waals surface area (Å²) in [5, 5.41) is 8.89. The van der Waals surface area contributed by atoms with E-state index < -0.39 is 0 Å². The molecule has 0 aliphatic carbocycles. The van der Waals surface area contributed by atoms with Gasteiger partial charge in [-0.2, -0.15) is 0 Å². The fourth-order valence-electron chi connectivity index (χ4n) is 2.08. The lowest BCUT2D eigenvalue weighted by Crippen LogP contribution is -2.41. The quantitative estimate of drug-likeness (QED) is 0.829. The lowest BCUT2D eigenvalue weighted by atomic mass is 10.0. The summed E-state index contributed by atoms with van der Waals surface area (Å²) in [5.74, 6) is 0. The molecule has 0 atom stereocenters. The van der Waals surface area contributed by atoms with E-state index in [0.29, 0.717) is 4.47 Å². The third kappa shape index (κ3) is 3.13. The van der Waals surface area contributed by atoms with Crippen molar-refractivity contribution in [3.8, 4) is 0 Å². The van der Waals surface area contributed by atoms with Crippen molar-refractivity contribution < 1.29 is 0 Å². The van der Waals surface area contributed by atoms with E-state index in [4.69, 9.17) is 11.6 Å². The zero-order valence-electron chi connectivity index (χ0n) is 9.69. The zero-order valence-corrected chi connectivity index (χ0v) is 11.3. The summed E-state index contributed by atoms with van der Waals surface area (Å²) < 4.78 is 0.540. The van der Waals surface area contributed by atoms with Crippen LogP contribution in [0.1, 0.15) is 17.8 Å². The Labute approximate surface area is 105 Å². The van der Waals surface area contributed by atoms with Gasteiger partial charge in [0.2, 0.25) is 4.47 Å². The van der Waals surface area contributed by atoms with Crippen LogP contribution in [0, 0.1) is 0 Å². The van der Waals surface area contributed by atoms with E-state index in [1.807, 2.05) is 0 Å². The van der Waals surface area contributed by atoms with Crippen LogP contribution in [0.2, 0.25) is 4.47 Å². The predicted octanol–water partition coefficient (Wildman–Crippen LogP) is 1.72. The first kappa shape index (κ1) is 12.2. The molecule has 1 saturated heterocycles. The highest BCUT2D eigenvalue weighted by atomic mass is 35.5. The number of halogens is 1.